The first-order valence-electron chi connectivity index (χ1n) is 6.55. The molecule has 0 spiro atoms. The lowest BCUT2D eigenvalue weighted by Gasteiger charge is -2.15. The molecule has 7 nitrogen and oxygen atoms in total. The molecular formula is C15H14NO6-. The molecule has 1 N–H and O–H groups in total. The van der Waals surface area contributed by atoms with E-state index in [1.165, 1.54) is 19.1 Å². The number of hydrogen-bond acceptors (Lipinski definition) is 6. The number of amides is 1. The van der Waals surface area contributed by atoms with Crippen LogP contribution in [0.25, 0.3) is 11.0 Å². The molecule has 0 aliphatic carbocycles. The standard InChI is InChI=1S/C15H15NO6/c1-8-5-14(19)22-12-6-10(3-4-11(8)12)21-9(2)15(20)16-7-13(17)18/h3-6,9H,7H2,1-2H3,(H,16,20)(H,17,18)/p-1. The Morgan fingerprint density at radius 2 is 2.09 bits per heavy atom. The minimum absolute atomic E-state index is 0.331. The van der Waals surface area contributed by atoms with E-state index in [4.69, 9.17) is 9.15 Å². The summed E-state index contributed by atoms with van der Waals surface area (Å²) in [4.78, 5) is 33.3. The number of benzene rings is 1. The number of carbonyl (C=O) groups excluding carboxylic acids is 2. The molecule has 116 valence electrons. The van der Waals surface area contributed by atoms with E-state index in [2.05, 4.69) is 5.32 Å². The van der Waals surface area contributed by atoms with Gasteiger partial charge in [-0.25, -0.2) is 4.79 Å². The average Bonchev–Trinajstić information content (AvgIpc) is 2.43. The van der Waals surface area contributed by atoms with Crippen molar-refractivity contribution >= 4 is 22.8 Å². The summed E-state index contributed by atoms with van der Waals surface area (Å²) < 4.78 is 10.5. The zero-order valence-corrected chi connectivity index (χ0v) is 12.0. The van der Waals surface area contributed by atoms with Gasteiger partial charge in [-0.05, 0) is 31.5 Å². The van der Waals surface area contributed by atoms with Crippen LogP contribution < -0.4 is 20.8 Å². The molecule has 1 unspecified atom stereocenters. The maximum atomic E-state index is 11.6. The lowest BCUT2D eigenvalue weighted by Crippen LogP contribution is -2.43. The Balaban J connectivity index is 2.16. The maximum absolute atomic E-state index is 11.6. The molecule has 1 amide bonds. The fourth-order valence-electron chi connectivity index (χ4n) is 1.94. The molecule has 0 fully saturated rings. The summed E-state index contributed by atoms with van der Waals surface area (Å²) in [5.41, 5.74) is 0.657. The minimum atomic E-state index is -1.39. The predicted octanol–water partition coefficient (Wildman–Crippen LogP) is -0.265. The first-order chi connectivity index (χ1) is 10.4. The molecule has 2 aromatic rings. The predicted molar refractivity (Wildman–Crippen MR) is 75.3 cm³/mol. The third kappa shape index (κ3) is 3.63. The van der Waals surface area contributed by atoms with Crippen LogP contribution in [0.1, 0.15) is 12.5 Å². The molecule has 0 radical (unpaired) electrons. The summed E-state index contributed by atoms with van der Waals surface area (Å²) >= 11 is 0. The molecular weight excluding hydrogens is 290 g/mol. The highest BCUT2D eigenvalue weighted by molar-refractivity contribution is 5.84. The van der Waals surface area contributed by atoms with E-state index < -0.39 is 30.2 Å². The Hall–Kier alpha value is -2.83. The summed E-state index contributed by atoms with van der Waals surface area (Å²) in [5, 5.41) is 13.2. The van der Waals surface area contributed by atoms with Crippen LogP contribution in [0.4, 0.5) is 0 Å². The van der Waals surface area contributed by atoms with E-state index in [-0.39, 0.29) is 0 Å². The average molecular weight is 304 g/mol. The normalized spacial score (nSPS) is 11.9. The number of aryl methyl sites for hydroxylation is 1. The Morgan fingerprint density at radius 3 is 2.77 bits per heavy atom. The van der Waals surface area contributed by atoms with Crippen molar-refractivity contribution in [2.75, 3.05) is 6.54 Å². The number of fused-ring (bicyclic) bond motifs is 1. The number of carbonyl (C=O) groups is 2. The highest BCUT2D eigenvalue weighted by atomic mass is 16.5. The molecule has 7 heteroatoms. The number of nitrogens with one attached hydrogen (secondary N) is 1. The second kappa shape index (κ2) is 6.30. The fourth-order valence-corrected chi connectivity index (χ4v) is 1.94. The first-order valence-corrected chi connectivity index (χ1v) is 6.55. The summed E-state index contributed by atoms with van der Waals surface area (Å²) in [7, 11) is 0. The van der Waals surface area contributed by atoms with Gasteiger partial charge >= 0.3 is 5.63 Å². The highest BCUT2D eigenvalue weighted by Gasteiger charge is 2.15. The van der Waals surface area contributed by atoms with Crippen LogP contribution in [0.2, 0.25) is 0 Å². The summed E-state index contributed by atoms with van der Waals surface area (Å²) in [5.74, 6) is -1.64. The van der Waals surface area contributed by atoms with Gasteiger partial charge in [0.15, 0.2) is 6.10 Å². The van der Waals surface area contributed by atoms with Crippen molar-refractivity contribution in [1.82, 2.24) is 5.32 Å². The van der Waals surface area contributed by atoms with Crippen LogP contribution >= 0.6 is 0 Å². The van der Waals surface area contributed by atoms with Gasteiger partial charge in [-0.1, -0.05) is 0 Å². The van der Waals surface area contributed by atoms with Crippen LogP contribution in [0.15, 0.2) is 33.5 Å². The third-order valence-corrected chi connectivity index (χ3v) is 3.01. The van der Waals surface area contributed by atoms with E-state index >= 15 is 0 Å². The number of ether oxygens (including phenoxy) is 1. The van der Waals surface area contributed by atoms with Crippen LogP contribution in [-0.4, -0.2) is 24.5 Å². The van der Waals surface area contributed by atoms with E-state index in [1.807, 2.05) is 0 Å². The minimum Gasteiger partial charge on any atom is -0.548 e. The van der Waals surface area contributed by atoms with E-state index in [0.29, 0.717) is 11.3 Å². The van der Waals surface area contributed by atoms with Gasteiger partial charge in [0.25, 0.3) is 5.91 Å². The van der Waals surface area contributed by atoms with Gasteiger partial charge in [-0.15, -0.1) is 0 Å². The van der Waals surface area contributed by atoms with Gasteiger partial charge in [0.2, 0.25) is 0 Å². The van der Waals surface area contributed by atoms with E-state index in [0.717, 1.165) is 10.9 Å². The van der Waals surface area contributed by atoms with Gasteiger partial charge in [-0.3, -0.25) is 4.79 Å². The van der Waals surface area contributed by atoms with Crippen LogP contribution in [0, 0.1) is 6.92 Å². The zero-order valence-electron chi connectivity index (χ0n) is 12.0. The third-order valence-electron chi connectivity index (χ3n) is 3.01. The van der Waals surface area contributed by atoms with Crippen molar-refractivity contribution in [1.29, 1.82) is 0 Å². The number of carboxylic acid groups (broad SMARTS) is 1. The molecule has 2 rings (SSSR count). The first kappa shape index (κ1) is 15.6. The van der Waals surface area contributed by atoms with Gasteiger partial charge in [-0.2, -0.15) is 0 Å². The van der Waals surface area contributed by atoms with E-state index in [9.17, 15) is 19.5 Å². The molecule has 0 saturated carbocycles. The lowest BCUT2D eigenvalue weighted by molar-refractivity contribution is -0.304. The van der Waals surface area contributed by atoms with Crippen LogP contribution in [0.5, 0.6) is 5.75 Å². The van der Waals surface area contributed by atoms with Crippen LogP contribution in [-0.2, 0) is 9.59 Å². The number of hydrogen-bond donors (Lipinski definition) is 1. The second-order valence-corrected chi connectivity index (χ2v) is 4.76. The van der Waals surface area contributed by atoms with Crippen molar-refractivity contribution in [3.8, 4) is 5.75 Å². The number of aliphatic carboxylic acids is 1. The van der Waals surface area contributed by atoms with Gasteiger partial charge in [0.05, 0.1) is 12.5 Å². The van der Waals surface area contributed by atoms with Crippen LogP contribution in [0.3, 0.4) is 0 Å². The smallest absolute Gasteiger partial charge is 0.336 e. The summed E-state index contributed by atoms with van der Waals surface area (Å²) in [6.45, 7) is 2.68. The topological polar surface area (TPSA) is 109 Å². The SMILES string of the molecule is Cc1cc(=O)oc2cc(OC(C)C(=O)NCC(=O)[O-])ccc12. The summed E-state index contributed by atoms with van der Waals surface area (Å²) in [6, 6.07) is 6.25. The zero-order chi connectivity index (χ0) is 16.3. The molecule has 1 aromatic carbocycles. The molecule has 0 aliphatic heterocycles. The highest BCUT2D eigenvalue weighted by Crippen LogP contribution is 2.22. The maximum Gasteiger partial charge on any atom is 0.336 e. The van der Waals surface area contributed by atoms with Crippen molar-refractivity contribution in [3.63, 3.8) is 0 Å². The molecule has 1 heterocycles. The Bertz CT molecular complexity index is 779. The van der Waals surface area contributed by atoms with E-state index in [1.54, 1.807) is 19.1 Å². The monoisotopic (exact) mass is 304 g/mol. The molecule has 1 aromatic heterocycles. The molecule has 1 atom stereocenters. The molecule has 0 aliphatic rings. The van der Waals surface area contributed by atoms with Crippen molar-refractivity contribution < 1.29 is 23.8 Å². The molecule has 22 heavy (non-hydrogen) atoms. The Labute approximate surface area is 125 Å². The Kier molecular flexibility index (Phi) is 4.45. The Morgan fingerprint density at radius 1 is 1.36 bits per heavy atom. The van der Waals surface area contributed by atoms with Crippen molar-refractivity contribution in [2.45, 2.75) is 20.0 Å². The summed E-state index contributed by atoms with van der Waals surface area (Å²) in [6.07, 6.45) is -0.909. The largest absolute Gasteiger partial charge is 0.548 e. The number of rotatable bonds is 5. The van der Waals surface area contributed by atoms with Gasteiger partial charge in [0.1, 0.15) is 11.3 Å². The second-order valence-electron chi connectivity index (χ2n) is 4.76. The molecule has 0 saturated heterocycles. The van der Waals surface area contributed by atoms with Gasteiger partial charge < -0.3 is 24.4 Å². The molecule has 0 bridgehead atoms. The van der Waals surface area contributed by atoms with Crippen molar-refractivity contribution in [3.05, 3.63) is 40.2 Å². The lowest BCUT2D eigenvalue weighted by atomic mass is 10.1. The quantitative estimate of drug-likeness (QED) is 0.762. The fraction of sp³-hybridized carbons (Fsp3) is 0.267. The van der Waals surface area contributed by atoms with Crippen molar-refractivity contribution in [2.24, 2.45) is 0 Å². The number of carboxylic acids is 1. The van der Waals surface area contributed by atoms with Gasteiger partial charge in [0, 0.05) is 17.5 Å².